The summed E-state index contributed by atoms with van der Waals surface area (Å²) < 4.78 is 5.92. The number of benzene rings is 3. The second-order valence-electron chi connectivity index (χ2n) is 9.61. The fourth-order valence-electron chi connectivity index (χ4n) is 4.65. The Labute approximate surface area is 230 Å². The fraction of sp³-hybridized carbons (Fsp3) is 0.367. The Kier molecular flexibility index (Phi) is 10.1. The molecule has 0 bridgehead atoms. The molecule has 1 fully saturated rings. The van der Waals surface area contributed by atoms with E-state index in [1.54, 1.807) is 18.2 Å². The standard InChI is InChI=1S/C30H35Cl2N3O2/c1-23-9-5-6-18-34(23)19-8-20-35(30(36)33-28-13-7-12-27(31)29(28)32)21-24-14-16-26(17-15-24)37-22-25-10-3-2-4-11-25/h2-4,7,10-17,23H,5-6,8-9,18-22H2,1H3,(H,33,36). The van der Waals surface area contributed by atoms with E-state index in [0.717, 1.165) is 36.4 Å². The topological polar surface area (TPSA) is 44.8 Å². The fourth-order valence-corrected chi connectivity index (χ4v) is 5.00. The highest BCUT2D eigenvalue weighted by Gasteiger charge is 2.20. The first-order valence-corrected chi connectivity index (χ1v) is 13.7. The third-order valence-electron chi connectivity index (χ3n) is 6.84. The third-order valence-corrected chi connectivity index (χ3v) is 7.66. The molecule has 37 heavy (non-hydrogen) atoms. The Balaban J connectivity index is 1.39. The Hall–Kier alpha value is -2.73. The second kappa shape index (κ2) is 13.7. The number of urea groups is 1. The van der Waals surface area contributed by atoms with E-state index in [1.165, 1.54) is 19.3 Å². The first kappa shape index (κ1) is 27.3. The van der Waals surface area contributed by atoms with Gasteiger partial charge in [-0.3, -0.25) is 0 Å². The van der Waals surface area contributed by atoms with Crippen molar-refractivity contribution >= 4 is 34.9 Å². The van der Waals surface area contributed by atoms with E-state index in [4.69, 9.17) is 27.9 Å². The van der Waals surface area contributed by atoms with Crippen LogP contribution in [-0.2, 0) is 13.2 Å². The molecule has 7 heteroatoms. The van der Waals surface area contributed by atoms with Crippen molar-refractivity contribution in [3.8, 4) is 5.75 Å². The van der Waals surface area contributed by atoms with E-state index in [9.17, 15) is 4.79 Å². The van der Waals surface area contributed by atoms with E-state index in [2.05, 4.69) is 17.1 Å². The van der Waals surface area contributed by atoms with Crippen molar-refractivity contribution < 1.29 is 9.53 Å². The highest BCUT2D eigenvalue weighted by atomic mass is 35.5. The van der Waals surface area contributed by atoms with Crippen LogP contribution in [0.1, 0.15) is 43.7 Å². The molecule has 4 rings (SSSR count). The van der Waals surface area contributed by atoms with Gasteiger partial charge >= 0.3 is 6.03 Å². The summed E-state index contributed by atoms with van der Waals surface area (Å²) in [6.45, 7) is 6.05. The molecule has 1 heterocycles. The molecule has 0 spiro atoms. The summed E-state index contributed by atoms with van der Waals surface area (Å²) in [5.74, 6) is 0.799. The molecule has 1 unspecified atom stereocenters. The number of halogens is 2. The quantitative estimate of drug-likeness (QED) is 0.285. The lowest BCUT2D eigenvalue weighted by molar-refractivity contribution is 0.150. The lowest BCUT2D eigenvalue weighted by atomic mass is 10.0. The van der Waals surface area contributed by atoms with Gasteiger partial charge in [-0.1, -0.05) is 78.2 Å². The summed E-state index contributed by atoms with van der Waals surface area (Å²) in [7, 11) is 0. The van der Waals surface area contributed by atoms with E-state index in [1.807, 2.05) is 59.5 Å². The minimum absolute atomic E-state index is 0.194. The monoisotopic (exact) mass is 539 g/mol. The molecule has 1 aliphatic rings. The molecule has 2 amide bonds. The van der Waals surface area contributed by atoms with Crippen molar-refractivity contribution in [1.29, 1.82) is 0 Å². The maximum atomic E-state index is 13.3. The molecule has 0 aromatic heterocycles. The summed E-state index contributed by atoms with van der Waals surface area (Å²) in [6.07, 6.45) is 4.70. The van der Waals surface area contributed by atoms with Crippen LogP contribution < -0.4 is 10.1 Å². The summed E-state index contributed by atoms with van der Waals surface area (Å²) >= 11 is 12.5. The number of carbonyl (C=O) groups is 1. The van der Waals surface area contributed by atoms with Crippen LogP contribution >= 0.6 is 23.2 Å². The van der Waals surface area contributed by atoms with Crippen molar-refractivity contribution in [3.05, 3.63) is 94.0 Å². The van der Waals surface area contributed by atoms with Crippen LogP contribution in [0, 0.1) is 0 Å². The van der Waals surface area contributed by atoms with Gasteiger partial charge in [-0.05, 0) is 68.1 Å². The number of nitrogens with one attached hydrogen (secondary N) is 1. The number of hydrogen-bond donors (Lipinski definition) is 1. The molecule has 3 aromatic carbocycles. The average Bonchev–Trinajstić information content (AvgIpc) is 2.92. The number of piperidine rings is 1. The number of amides is 2. The molecule has 1 atom stereocenters. The second-order valence-corrected chi connectivity index (χ2v) is 10.4. The number of likely N-dealkylation sites (tertiary alicyclic amines) is 1. The van der Waals surface area contributed by atoms with Crippen molar-refractivity contribution in [2.24, 2.45) is 0 Å². The Morgan fingerprint density at radius 2 is 1.78 bits per heavy atom. The van der Waals surface area contributed by atoms with Crippen LogP contribution in [0.25, 0.3) is 0 Å². The number of hydrogen-bond acceptors (Lipinski definition) is 3. The lowest BCUT2D eigenvalue weighted by Crippen LogP contribution is -2.40. The Morgan fingerprint density at radius 3 is 2.54 bits per heavy atom. The first-order chi connectivity index (χ1) is 18.0. The minimum atomic E-state index is -0.194. The van der Waals surface area contributed by atoms with Crippen LogP contribution in [0.5, 0.6) is 5.75 Å². The van der Waals surface area contributed by atoms with Gasteiger partial charge in [-0.25, -0.2) is 4.79 Å². The van der Waals surface area contributed by atoms with Crippen molar-refractivity contribution in [2.75, 3.05) is 25.0 Å². The van der Waals surface area contributed by atoms with Gasteiger partial charge in [0.2, 0.25) is 0 Å². The zero-order chi connectivity index (χ0) is 26.0. The van der Waals surface area contributed by atoms with Gasteiger partial charge in [0, 0.05) is 25.7 Å². The summed E-state index contributed by atoms with van der Waals surface area (Å²) in [6, 6.07) is 23.7. The van der Waals surface area contributed by atoms with Crippen LogP contribution in [0.15, 0.2) is 72.8 Å². The highest BCUT2D eigenvalue weighted by Crippen LogP contribution is 2.30. The zero-order valence-electron chi connectivity index (χ0n) is 21.3. The predicted molar refractivity (Wildman–Crippen MR) is 153 cm³/mol. The molecule has 0 radical (unpaired) electrons. The van der Waals surface area contributed by atoms with E-state index < -0.39 is 0 Å². The molecule has 1 saturated heterocycles. The molecule has 1 aliphatic heterocycles. The number of carbonyl (C=O) groups excluding carboxylic acids is 1. The number of ether oxygens (including phenoxy) is 1. The third kappa shape index (κ3) is 8.13. The van der Waals surface area contributed by atoms with Crippen LogP contribution in [0.3, 0.4) is 0 Å². The maximum Gasteiger partial charge on any atom is 0.322 e. The van der Waals surface area contributed by atoms with Gasteiger partial charge < -0.3 is 19.9 Å². The number of nitrogens with zero attached hydrogens (tertiary/aromatic N) is 2. The van der Waals surface area contributed by atoms with Gasteiger partial charge in [-0.2, -0.15) is 0 Å². The summed E-state index contributed by atoms with van der Waals surface area (Å²) in [5.41, 5.74) is 2.67. The van der Waals surface area contributed by atoms with Crippen molar-refractivity contribution in [3.63, 3.8) is 0 Å². The molecule has 0 saturated carbocycles. The molecule has 0 aliphatic carbocycles. The number of rotatable bonds is 10. The molecule has 196 valence electrons. The van der Waals surface area contributed by atoms with Crippen LogP contribution in [0.2, 0.25) is 10.0 Å². The normalized spacial score (nSPS) is 15.8. The maximum absolute atomic E-state index is 13.3. The van der Waals surface area contributed by atoms with Gasteiger partial charge in [0.1, 0.15) is 12.4 Å². The molecular formula is C30H35Cl2N3O2. The first-order valence-electron chi connectivity index (χ1n) is 13.0. The van der Waals surface area contributed by atoms with Crippen LogP contribution in [0.4, 0.5) is 10.5 Å². The average molecular weight is 541 g/mol. The van der Waals surface area contributed by atoms with E-state index in [-0.39, 0.29) is 6.03 Å². The van der Waals surface area contributed by atoms with Crippen molar-refractivity contribution in [1.82, 2.24) is 9.80 Å². The van der Waals surface area contributed by atoms with Crippen molar-refractivity contribution in [2.45, 2.75) is 51.8 Å². The van der Waals surface area contributed by atoms with Gasteiger partial charge in [0.15, 0.2) is 0 Å². The Morgan fingerprint density at radius 1 is 1.00 bits per heavy atom. The highest BCUT2D eigenvalue weighted by molar-refractivity contribution is 6.43. The van der Waals surface area contributed by atoms with E-state index in [0.29, 0.717) is 41.5 Å². The molecular weight excluding hydrogens is 505 g/mol. The molecule has 5 nitrogen and oxygen atoms in total. The number of anilines is 1. The van der Waals surface area contributed by atoms with Crippen LogP contribution in [-0.4, -0.2) is 41.5 Å². The zero-order valence-corrected chi connectivity index (χ0v) is 22.8. The van der Waals surface area contributed by atoms with Gasteiger partial charge in [-0.15, -0.1) is 0 Å². The minimum Gasteiger partial charge on any atom is -0.489 e. The smallest absolute Gasteiger partial charge is 0.322 e. The lowest BCUT2D eigenvalue weighted by Gasteiger charge is -2.34. The summed E-state index contributed by atoms with van der Waals surface area (Å²) in [4.78, 5) is 17.7. The van der Waals surface area contributed by atoms with Gasteiger partial charge in [0.25, 0.3) is 0 Å². The van der Waals surface area contributed by atoms with Gasteiger partial charge in [0.05, 0.1) is 15.7 Å². The Bertz CT molecular complexity index is 1140. The summed E-state index contributed by atoms with van der Waals surface area (Å²) in [5, 5.41) is 3.71. The largest absolute Gasteiger partial charge is 0.489 e. The SMILES string of the molecule is CC1CCCCN1CCCN(Cc1ccc(OCc2ccccc2)cc1)C(=O)Nc1cccc(Cl)c1Cl. The predicted octanol–water partition coefficient (Wildman–Crippen LogP) is 7.87. The molecule has 1 N–H and O–H groups in total. The van der Waals surface area contributed by atoms with E-state index >= 15 is 0 Å². The molecule has 3 aromatic rings.